The number of carbonyl (C=O) groups is 1. The minimum atomic E-state index is -0.352. The number of pyridine rings is 1. The van der Waals surface area contributed by atoms with Gasteiger partial charge in [0.2, 0.25) is 5.43 Å². The highest BCUT2D eigenvalue weighted by molar-refractivity contribution is 9.10. The van der Waals surface area contributed by atoms with Crippen molar-refractivity contribution in [1.29, 1.82) is 0 Å². The zero-order valence-corrected chi connectivity index (χ0v) is 17.2. The molecule has 1 amide bonds. The van der Waals surface area contributed by atoms with Gasteiger partial charge < -0.3 is 9.88 Å². The molecule has 0 saturated heterocycles. The second kappa shape index (κ2) is 6.64. The van der Waals surface area contributed by atoms with Gasteiger partial charge in [0.1, 0.15) is 5.56 Å². The molecule has 5 heteroatoms. The van der Waals surface area contributed by atoms with E-state index in [0.29, 0.717) is 5.39 Å². The van der Waals surface area contributed by atoms with Crippen LogP contribution < -0.4 is 10.7 Å². The van der Waals surface area contributed by atoms with E-state index in [1.54, 1.807) is 6.20 Å². The molecule has 2 aromatic carbocycles. The molecule has 0 bridgehead atoms. The van der Waals surface area contributed by atoms with Gasteiger partial charge in [-0.25, -0.2) is 0 Å². The summed E-state index contributed by atoms with van der Waals surface area (Å²) in [4.78, 5) is 26.1. The van der Waals surface area contributed by atoms with Crippen LogP contribution in [0.5, 0.6) is 0 Å². The van der Waals surface area contributed by atoms with Crippen LogP contribution in [0.4, 0.5) is 5.69 Å². The SMILES string of the molecule is CCc1cccc(C)c1NC(=O)c1cn2c3c(cc(Br)cc3c1=O)CC2C. The molecule has 3 aromatic rings. The van der Waals surface area contributed by atoms with Gasteiger partial charge >= 0.3 is 0 Å². The van der Waals surface area contributed by atoms with Crippen LogP contribution in [0.25, 0.3) is 10.9 Å². The molecule has 1 aliphatic rings. The van der Waals surface area contributed by atoms with Crippen molar-refractivity contribution in [1.82, 2.24) is 4.57 Å². The van der Waals surface area contributed by atoms with Crippen molar-refractivity contribution in [2.24, 2.45) is 0 Å². The van der Waals surface area contributed by atoms with Crippen molar-refractivity contribution in [3.8, 4) is 0 Å². The highest BCUT2D eigenvalue weighted by Gasteiger charge is 2.25. The van der Waals surface area contributed by atoms with Gasteiger partial charge in [-0.1, -0.05) is 41.1 Å². The number of aryl methyl sites for hydroxylation is 2. The van der Waals surface area contributed by atoms with Gasteiger partial charge in [0.15, 0.2) is 0 Å². The molecule has 0 saturated carbocycles. The first-order chi connectivity index (χ1) is 12.9. The van der Waals surface area contributed by atoms with Crippen molar-refractivity contribution in [3.63, 3.8) is 0 Å². The lowest BCUT2D eigenvalue weighted by Crippen LogP contribution is -2.24. The van der Waals surface area contributed by atoms with Gasteiger partial charge in [-0.15, -0.1) is 0 Å². The fourth-order valence-corrected chi connectivity index (χ4v) is 4.51. The lowest BCUT2D eigenvalue weighted by molar-refractivity contribution is 0.102. The highest BCUT2D eigenvalue weighted by Crippen LogP contribution is 2.33. The third kappa shape index (κ3) is 2.90. The fourth-order valence-electron chi connectivity index (χ4n) is 4.01. The standard InChI is InChI=1S/C22H21BrN2O2/c1-4-14-7-5-6-12(2)19(14)24-22(27)18-11-25-13(3)8-15-9-16(23)10-17(20(15)25)21(18)26/h5-7,9-11,13H,4,8H2,1-3H3,(H,24,27). The predicted molar refractivity (Wildman–Crippen MR) is 113 cm³/mol. The summed E-state index contributed by atoms with van der Waals surface area (Å²) in [5.74, 6) is -0.352. The van der Waals surface area contributed by atoms with Crippen LogP contribution in [0.2, 0.25) is 0 Å². The number of hydrogen-bond donors (Lipinski definition) is 1. The zero-order chi connectivity index (χ0) is 19.3. The molecule has 1 atom stereocenters. The maximum atomic E-state index is 13.1. The van der Waals surface area contributed by atoms with Gasteiger partial charge in [0, 0.05) is 27.8 Å². The Kier molecular flexibility index (Phi) is 4.42. The van der Waals surface area contributed by atoms with Gasteiger partial charge in [-0.2, -0.15) is 0 Å². The average molecular weight is 425 g/mol. The van der Waals surface area contributed by atoms with Gasteiger partial charge in [-0.05, 0) is 55.5 Å². The molecular formula is C22H21BrN2O2. The van der Waals surface area contributed by atoms with E-state index in [4.69, 9.17) is 0 Å². The van der Waals surface area contributed by atoms with Crippen LogP contribution >= 0.6 is 15.9 Å². The number of carbonyl (C=O) groups excluding carboxylic acids is 1. The Hall–Kier alpha value is -2.40. The number of hydrogen-bond acceptors (Lipinski definition) is 2. The van der Waals surface area contributed by atoms with E-state index < -0.39 is 0 Å². The van der Waals surface area contributed by atoms with E-state index in [9.17, 15) is 9.59 Å². The van der Waals surface area contributed by atoms with E-state index in [0.717, 1.165) is 45.2 Å². The van der Waals surface area contributed by atoms with Crippen LogP contribution in [-0.2, 0) is 12.8 Å². The maximum absolute atomic E-state index is 13.1. The number of benzene rings is 2. The molecule has 4 nitrogen and oxygen atoms in total. The lowest BCUT2D eigenvalue weighted by atomic mass is 10.0. The normalized spacial score (nSPS) is 15.3. The number of aromatic nitrogens is 1. The molecule has 1 aromatic heterocycles. The Morgan fingerprint density at radius 2 is 2.11 bits per heavy atom. The number of para-hydroxylation sites is 1. The molecule has 4 rings (SSSR count). The van der Waals surface area contributed by atoms with Crippen LogP contribution in [0, 0.1) is 6.92 Å². The Balaban J connectivity index is 1.86. The topological polar surface area (TPSA) is 51.1 Å². The second-order valence-corrected chi connectivity index (χ2v) is 8.13. The van der Waals surface area contributed by atoms with E-state index in [-0.39, 0.29) is 22.9 Å². The summed E-state index contributed by atoms with van der Waals surface area (Å²) in [6.07, 6.45) is 3.39. The van der Waals surface area contributed by atoms with Crippen LogP contribution in [0.1, 0.15) is 46.9 Å². The molecule has 0 fully saturated rings. The highest BCUT2D eigenvalue weighted by atomic mass is 79.9. The molecule has 0 spiro atoms. The third-order valence-electron chi connectivity index (χ3n) is 5.38. The summed E-state index contributed by atoms with van der Waals surface area (Å²) >= 11 is 3.50. The Labute approximate surface area is 166 Å². The summed E-state index contributed by atoms with van der Waals surface area (Å²) in [5.41, 5.74) is 4.90. The quantitative estimate of drug-likeness (QED) is 0.642. The molecule has 0 radical (unpaired) electrons. The molecule has 1 N–H and O–H groups in total. The van der Waals surface area contributed by atoms with Crippen molar-refractivity contribution in [3.05, 3.63) is 73.5 Å². The fraction of sp³-hybridized carbons (Fsp3) is 0.273. The largest absolute Gasteiger partial charge is 0.343 e. The monoisotopic (exact) mass is 424 g/mol. The number of halogens is 1. The zero-order valence-electron chi connectivity index (χ0n) is 15.6. The van der Waals surface area contributed by atoms with Crippen molar-refractivity contribution in [2.75, 3.05) is 5.32 Å². The average Bonchev–Trinajstić information content (AvgIpc) is 2.94. The summed E-state index contributed by atoms with van der Waals surface area (Å²) in [6.45, 7) is 6.12. The first-order valence-corrected chi connectivity index (χ1v) is 9.97. The number of amides is 1. The third-order valence-corrected chi connectivity index (χ3v) is 5.84. The minimum Gasteiger partial charge on any atom is -0.343 e. The number of rotatable bonds is 3. The predicted octanol–water partition coefficient (Wildman–Crippen LogP) is 5.00. The van der Waals surface area contributed by atoms with Gasteiger partial charge in [-0.3, -0.25) is 9.59 Å². The second-order valence-electron chi connectivity index (χ2n) is 7.21. The molecule has 138 valence electrons. The Bertz CT molecular complexity index is 1150. The number of anilines is 1. The van der Waals surface area contributed by atoms with Crippen molar-refractivity contribution < 1.29 is 4.79 Å². The van der Waals surface area contributed by atoms with Crippen molar-refractivity contribution >= 4 is 38.4 Å². The number of nitrogens with one attached hydrogen (secondary N) is 1. The lowest BCUT2D eigenvalue weighted by Gasteiger charge is -2.15. The minimum absolute atomic E-state index is 0.186. The molecule has 1 aliphatic heterocycles. The molecular weight excluding hydrogens is 404 g/mol. The first kappa shape index (κ1) is 18.0. The van der Waals surface area contributed by atoms with Crippen LogP contribution in [-0.4, -0.2) is 10.5 Å². The van der Waals surface area contributed by atoms with E-state index >= 15 is 0 Å². The summed E-state index contributed by atoms with van der Waals surface area (Å²) < 4.78 is 2.93. The molecule has 1 unspecified atom stereocenters. The van der Waals surface area contributed by atoms with Crippen LogP contribution in [0.3, 0.4) is 0 Å². The molecule has 0 aliphatic carbocycles. The summed E-state index contributed by atoms with van der Waals surface area (Å²) in [5, 5.41) is 3.58. The Morgan fingerprint density at radius 1 is 1.33 bits per heavy atom. The van der Waals surface area contributed by atoms with E-state index in [2.05, 4.69) is 45.7 Å². The van der Waals surface area contributed by atoms with Crippen LogP contribution in [0.15, 0.2) is 45.8 Å². The van der Waals surface area contributed by atoms with E-state index in [1.807, 2.05) is 31.2 Å². The Morgan fingerprint density at radius 3 is 2.85 bits per heavy atom. The maximum Gasteiger partial charge on any atom is 0.261 e. The molecule has 27 heavy (non-hydrogen) atoms. The van der Waals surface area contributed by atoms with E-state index in [1.165, 1.54) is 0 Å². The van der Waals surface area contributed by atoms with Gasteiger partial charge in [0.05, 0.1) is 5.52 Å². The van der Waals surface area contributed by atoms with Gasteiger partial charge in [0.25, 0.3) is 5.91 Å². The van der Waals surface area contributed by atoms with Crippen molar-refractivity contribution in [2.45, 2.75) is 39.7 Å². The molecule has 2 heterocycles. The summed E-state index contributed by atoms with van der Waals surface area (Å²) in [7, 11) is 0. The smallest absolute Gasteiger partial charge is 0.261 e. The first-order valence-electron chi connectivity index (χ1n) is 9.17. The summed E-state index contributed by atoms with van der Waals surface area (Å²) in [6, 6.07) is 10.0. The number of nitrogens with zero attached hydrogens (tertiary/aromatic N) is 1.